The maximum absolute atomic E-state index is 10.9. The average Bonchev–Trinajstić information content (AvgIpc) is 2.89. The van der Waals surface area contributed by atoms with Crippen molar-refractivity contribution in [1.29, 1.82) is 0 Å². The molecule has 1 saturated carbocycles. The van der Waals surface area contributed by atoms with Crippen LogP contribution < -0.4 is 0 Å². The van der Waals surface area contributed by atoms with Gasteiger partial charge >= 0.3 is 6.16 Å². The van der Waals surface area contributed by atoms with Crippen LogP contribution in [0.5, 0.6) is 0 Å². The van der Waals surface area contributed by atoms with Crippen LogP contribution in [0.3, 0.4) is 0 Å². The van der Waals surface area contributed by atoms with Crippen molar-refractivity contribution < 1.29 is 19.2 Å². The summed E-state index contributed by atoms with van der Waals surface area (Å²) in [6.07, 6.45) is 6.32. The average molecular weight is 225 g/mol. The molecule has 2 aliphatic rings. The number of amides is 1. The predicted octanol–water partition coefficient (Wildman–Crippen LogP) is 1.35. The summed E-state index contributed by atoms with van der Waals surface area (Å²) in [6.45, 7) is 0.449. The van der Waals surface area contributed by atoms with E-state index in [2.05, 4.69) is 16.9 Å². The molecule has 0 radical (unpaired) electrons. The van der Waals surface area contributed by atoms with Crippen LogP contribution >= 0.6 is 0 Å². The van der Waals surface area contributed by atoms with Crippen molar-refractivity contribution in [3.63, 3.8) is 0 Å². The number of rotatable bonds is 4. The molecule has 5 nitrogen and oxygen atoms in total. The van der Waals surface area contributed by atoms with E-state index < -0.39 is 6.16 Å². The van der Waals surface area contributed by atoms with Crippen LogP contribution in [-0.2, 0) is 14.4 Å². The fraction of sp³-hybridized carbons (Fsp3) is 0.636. The molecule has 1 amide bonds. The summed E-state index contributed by atoms with van der Waals surface area (Å²) in [6, 6.07) is 0. The van der Waals surface area contributed by atoms with Gasteiger partial charge in [0.2, 0.25) is 6.41 Å². The molecule has 2 aliphatic carbocycles. The molecule has 0 saturated heterocycles. The fourth-order valence-corrected chi connectivity index (χ4v) is 2.57. The molecule has 3 unspecified atom stereocenters. The van der Waals surface area contributed by atoms with Gasteiger partial charge in [-0.2, -0.15) is 5.06 Å². The minimum Gasteiger partial charge on any atom is -0.436 e. The summed E-state index contributed by atoms with van der Waals surface area (Å²) in [5.41, 5.74) is 0. The van der Waals surface area contributed by atoms with E-state index in [0.29, 0.717) is 30.7 Å². The van der Waals surface area contributed by atoms with E-state index in [-0.39, 0.29) is 0 Å². The number of fused-ring (bicyclic) bond motifs is 2. The van der Waals surface area contributed by atoms with Gasteiger partial charge in [0.1, 0.15) is 0 Å². The van der Waals surface area contributed by atoms with Gasteiger partial charge in [0.25, 0.3) is 0 Å². The number of ether oxygens (including phenoxy) is 1. The Morgan fingerprint density at radius 1 is 1.50 bits per heavy atom. The number of methoxy groups -OCH3 is 1. The first kappa shape index (κ1) is 11.0. The zero-order valence-corrected chi connectivity index (χ0v) is 9.17. The molecule has 0 aromatic rings. The number of hydroxylamine groups is 2. The normalized spacial score (nSPS) is 30.2. The monoisotopic (exact) mass is 225 g/mol. The topological polar surface area (TPSA) is 55.8 Å². The van der Waals surface area contributed by atoms with Gasteiger partial charge in [0.05, 0.1) is 13.7 Å². The summed E-state index contributed by atoms with van der Waals surface area (Å²) in [4.78, 5) is 26.3. The van der Waals surface area contributed by atoms with E-state index in [4.69, 9.17) is 4.84 Å². The molecule has 2 rings (SSSR count). The van der Waals surface area contributed by atoms with Crippen LogP contribution in [0.15, 0.2) is 12.2 Å². The first-order chi connectivity index (χ1) is 7.72. The van der Waals surface area contributed by atoms with Crippen LogP contribution in [0, 0.1) is 17.8 Å². The van der Waals surface area contributed by atoms with Gasteiger partial charge in [-0.15, -0.1) is 0 Å². The van der Waals surface area contributed by atoms with Gasteiger partial charge in [-0.05, 0) is 30.6 Å². The van der Waals surface area contributed by atoms with Gasteiger partial charge in [-0.25, -0.2) is 4.79 Å². The molecule has 0 aromatic heterocycles. The molecule has 0 aliphatic heterocycles. The second-order valence-electron chi connectivity index (χ2n) is 4.29. The van der Waals surface area contributed by atoms with Crippen LogP contribution in [0.1, 0.15) is 12.8 Å². The highest BCUT2D eigenvalue weighted by Gasteiger charge is 2.36. The van der Waals surface area contributed by atoms with E-state index in [0.717, 1.165) is 17.9 Å². The lowest BCUT2D eigenvalue weighted by molar-refractivity contribution is -0.160. The maximum atomic E-state index is 10.9. The SMILES string of the molecule is COC(=O)ON(C=O)CC1CC2C=CC1C2. The minimum atomic E-state index is -0.856. The third kappa shape index (κ3) is 2.18. The lowest BCUT2D eigenvalue weighted by atomic mass is 9.94. The van der Waals surface area contributed by atoms with Gasteiger partial charge in [0.15, 0.2) is 0 Å². The number of hydrogen-bond acceptors (Lipinski definition) is 4. The van der Waals surface area contributed by atoms with Crippen LogP contribution in [0.4, 0.5) is 4.79 Å². The van der Waals surface area contributed by atoms with Crippen molar-refractivity contribution in [2.45, 2.75) is 12.8 Å². The second-order valence-corrected chi connectivity index (χ2v) is 4.29. The molecule has 0 aromatic carbocycles. The lowest BCUT2D eigenvalue weighted by Crippen LogP contribution is -2.32. The molecule has 88 valence electrons. The van der Waals surface area contributed by atoms with Crippen molar-refractivity contribution in [2.75, 3.05) is 13.7 Å². The molecule has 3 atom stereocenters. The summed E-state index contributed by atoms with van der Waals surface area (Å²) in [5.74, 6) is 1.56. The van der Waals surface area contributed by atoms with Crippen LogP contribution in [0.2, 0.25) is 0 Å². The highest BCUT2D eigenvalue weighted by Crippen LogP contribution is 2.43. The summed E-state index contributed by atoms with van der Waals surface area (Å²) in [5, 5.41) is 1.02. The van der Waals surface area contributed by atoms with Gasteiger partial charge in [-0.1, -0.05) is 12.2 Å². The Balaban J connectivity index is 1.85. The maximum Gasteiger partial charge on any atom is 0.533 e. The molecule has 16 heavy (non-hydrogen) atoms. The quantitative estimate of drug-likeness (QED) is 0.314. The molecule has 0 N–H and O–H groups in total. The zero-order chi connectivity index (χ0) is 11.5. The number of allylic oxidation sites excluding steroid dienone is 2. The van der Waals surface area contributed by atoms with Crippen molar-refractivity contribution in [3.8, 4) is 0 Å². The molecule has 2 bridgehead atoms. The number of hydrogen-bond donors (Lipinski definition) is 0. The Labute approximate surface area is 94.0 Å². The zero-order valence-electron chi connectivity index (χ0n) is 9.17. The number of carbonyl (C=O) groups is 2. The molecular formula is C11H15NO4. The standard InChI is InChI=1S/C11H15NO4/c1-15-11(14)16-12(7-13)6-10-5-8-2-3-9(10)4-8/h2-3,7-10H,4-6H2,1H3. The van der Waals surface area contributed by atoms with Crippen molar-refractivity contribution in [3.05, 3.63) is 12.2 Å². The largest absolute Gasteiger partial charge is 0.533 e. The van der Waals surface area contributed by atoms with Crippen molar-refractivity contribution in [2.24, 2.45) is 17.8 Å². The number of carbonyl (C=O) groups excluding carboxylic acids is 2. The second kappa shape index (κ2) is 4.55. The van der Waals surface area contributed by atoms with Gasteiger partial charge in [0, 0.05) is 0 Å². The van der Waals surface area contributed by atoms with Gasteiger partial charge in [-0.3, -0.25) is 4.79 Å². The Morgan fingerprint density at radius 3 is 2.81 bits per heavy atom. The number of nitrogens with zero attached hydrogens (tertiary/aromatic N) is 1. The lowest BCUT2D eigenvalue weighted by Gasteiger charge is -2.23. The predicted molar refractivity (Wildman–Crippen MR) is 55.1 cm³/mol. The van der Waals surface area contributed by atoms with Crippen molar-refractivity contribution >= 4 is 12.6 Å². The molecule has 0 spiro atoms. The van der Waals surface area contributed by atoms with Crippen LogP contribution in [0.25, 0.3) is 0 Å². The fourth-order valence-electron chi connectivity index (χ4n) is 2.57. The smallest absolute Gasteiger partial charge is 0.436 e. The molecule has 5 heteroatoms. The Morgan fingerprint density at radius 2 is 2.31 bits per heavy atom. The Kier molecular flexibility index (Phi) is 3.12. The molecule has 1 fully saturated rings. The molecular weight excluding hydrogens is 210 g/mol. The minimum absolute atomic E-state index is 0.393. The van der Waals surface area contributed by atoms with E-state index >= 15 is 0 Å². The highest BCUT2D eigenvalue weighted by atomic mass is 16.8. The van der Waals surface area contributed by atoms with E-state index in [1.165, 1.54) is 7.11 Å². The molecule has 0 heterocycles. The Hall–Kier alpha value is -1.52. The van der Waals surface area contributed by atoms with E-state index in [1.807, 2.05) is 0 Å². The third-order valence-corrected chi connectivity index (χ3v) is 3.31. The summed E-state index contributed by atoms with van der Waals surface area (Å²) in [7, 11) is 1.21. The van der Waals surface area contributed by atoms with Crippen molar-refractivity contribution in [1.82, 2.24) is 5.06 Å². The summed E-state index contributed by atoms with van der Waals surface area (Å²) >= 11 is 0. The first-order valence-electron chi connectivity index (χ1n) is 5.39. The van der Waals surface area contributed by atoms with E-state index in [9.17, 15) is 9.59 Å². The van der Waals surface area contributed by atoms with E-state index in [1.54, 1.807) is 0 Å². The third-order valence-electron chi connectivity index (χ3n) is 3.31. The first-order valence-corrected chi connectivity index (χ1v) is 5.39. The van der Waals surface area contributed by atoms with Gasteiger partial charge < -0.3 is 9.57 Å². The summed E-state index contributed by atoms with van der Waals surface area (Å²) < 4.78 is 4.33. The van der Waals surface area contributed by atoms with Crippen LogP contribution in [-0.4, -0.2) is 31.3 Å². The Bertz CT molecular complexity index is 315. The highest BCUT2D eigenvalue weighted by molar-refractivity contribution is 5.61.